The summed E-state index contributed by atoms with van der Waals surface area (Å²) >= 11 is 0. The smallest absolute Gasteiger partial charge is 0.258 e. The Balaban J connectivity index is 2.30. The van der Waals surface area contributed by atoms with Gasteiger partial charge in [0.15, 0.2) is 0 Å². The lowest BCUT2D eigenvalue weighted by atomic mass is 9.87. The van der Waals surface area contributed by atoms with Gasteiger partial charge >= 0.3 is 0 Å². The maximum absolute atomic E-state index is 10.9. The molecule has 2 rings (SSSR count). The molecule has 0 fully saturated rings. The molecule has 0 spiro atoms. The van der Waals surface area contributed by atoms with Crippen molar-refractivity contribution in [3.8, 4) is 11.8 Å². The number of nitrogens with zero attached hydrogens (tertiary/aromatic N) is 1. The van der Waals surface area contributed by atoms with Crippen LogP contribution in [-0.2, 0) is 5.41 Å². The summed E-state index contributed by atoms with van der Waals surface area (Å²) in [5.41, 5.74) is 2.66. The van der Waals surface area contributed by atoms with Gasteiger partial charge in [0, 0.05) is 11.6 Å². The molecule has 0 heterocycles. The Morgan fingerprint density at radius 2 is 1.57 bits per heavy atom. The van der Waals surface area contributed by atoms with Crippen LogP contribution < -0.4 is 0 Å². The maximum Gasteiger partial charge on any atom is 0.284 e. The highest BCUT2D eigenvalue weighted by Gasteiger charge is 2.12. The number of hydrogen-bond donors (Lipinski definition) is 0. The van der Waals surface area contributed by atoms with E-state index in [-0.39, 0.29) is 11.1 Å². The summed E-state index contributed by atoms with van der Waals surface area (Å²) in [5, 5.41) is 10.9. The molecular formula is C18H17NO2. The molecule has 0 aliphatic heterocycles. The average molecular weight is 279 g/mol. The molecule has 0 amide bonds. The third-order valence-electron chi connectivity index (χ3n) is 3.19. The highest BCUT2D eigenvalue weighted by atomic mass is 16.6. The Labute approximate surface area is 124 Å². The molecule has 0 aliphatic rings. The molecule has 0 radical (unpaired) electrons. The number of hydrogen-bond acceptors (Lipinski definition) is 2. The van der Waals surface area contributed by atoms with Crippen LogP contribution in [0.2, 0.25) is 0 Å². The topological polar surface area (TPSA) is 43.1 Å². The van der Waals surface area contributed by atoms with Gasteiger partial charge in [0.2, 0.25) is 0 Å². The number of nitro benzene ring substituents is 1. The molecule has 2 aromatic carbocycles. The molecule has 0 saturated carbocycles. The molecule has 2 aromatic rings. The number of rotatable bonds is 1. The number of nitro groups is 1. The van der Waals surface area contributed by atoms with Crippen molar-refractivity contribution in [1.29, 1.82) is 0 Å². The molecule has 0 N–H and O–H groups in total. The van der Waals surface area contributed by atoms with E-state index in [1.54, 1.807) is 18.2 Å². The van der Waals surface area contributed by atoms with Crippen molar-refractivity contribution in [3.05, 3.63) is 75.3 Å². The van der Waals surface area contributed by atoms with Gasteiger partial charge in [-0.2, -0.15) is 0 Å². The number of benzene rings is 2. The Morgan fingerprint density at radius 3 is 2.14 bits per heavy atom. The van der Waals surface area contributed by atoms with Gasteiger partial charge in [-0.15, -0.1) is 0 Å². The van der Waals surface area contributed by atoms with Crippen LogP contribution in [0.1, 0.15) is 37.5 Å². The fourth-order valence-electron chi connectivity index (χ4n) is 1.93. The first-order valence-electron chi connectivity index (χ1n) is 6.74. The van der Waals surface area contributed by atoms with Gasteiger partial charge in [0.1, 0.15) is 5.56 Å². The van der Waals surface area contributed by atoms with Gasteiger partial charge in [0.05, 0.1) is 4.92 Å². The molecule has 0 unspecified atom stereocenters. The molecule has 21 heavy (non-hydrogen) atoms. The summed E-state index contributed by atoms with van der Waals surface area (Å²) < 4.78 is 0. The van der Waals surface area contributed by atoms with Crippen molar-refractivity contribution in [3.63, 3.8) is 0 Å². The van der Waals surface area contributed by atoms with E-state index in [9.17, 15) is 10.1 Å². The van der Waals surface area contributed by atoms with E-state index in [0.717, 1.165) is 5.56 Å². The summed E-state index contributed by atoms with van der Waals surface area (Å²) in [6.07, 6.45) is 0. The highest BCUT2D eigenvalue weighted by Crippen LogP contribution is 2.22. The van der Waals surface area contributed by atoms with Crippen LogP contribution in [0.5, 0.6) is 0 Å². The summed E-state index contributed by atoms with van der Waals surface area (Å²) in [6.45, 7) is 6.46. The first-order chi connectivity index (χ1) is 9.88. The lowest BCUT2D eigenvalue weighted by Crippen LogP contribution is -2.10. The second kappa shape index (κ2) is 5.80. The highest BCUT2D eigenvalue weighted by molar-refractivity contribution is 5.53. The zero-order valence-electron chi connectivity index (χ0n) is 12.4. The summed E-state index contributed by atoms with van der Waals surface area (Å²) in [4.78, 5) is 10.5. The molecule has 106 valence electrons. The second-order valence-electron chi connectivity index (χ2n) is 5.85. The third-order valence-corrected chi connectivity index (χ3v) is 3.19. The first kappa shape index (κ1) is 14.8. The van der Waals surface area contributed by atoms with Crippen LogP contribution in [0.3, 0.4) is 0 Å². The zero-order valence-corrected chi connectivity index (χ0v) is 12.4. The monoisotopic (exact) mass is 279 g/mol. The SMILES string of the molecule is CC(C)(C)c1ccc(C#Cc2ccccc2[N+](=O)[O-])cc1. The Morgan fingerprint density at radius 1 is 0.952 bits per heavy atom. The minimum atomic E-state index is -0.410. The average Bonchev–Trinajstić information content (AvgIpc) is 2.45. The molecule has 3 nitrogen and oxygen atoms in total. The van der Waals surface area contributed by atoms with Gasteiger partial charge in [0.25, 0.3) is 5.69 Å². The van der Waals surface area contributed by atoms with Crippen molar-refractivity contribution in [2.24, 2.45) is 0 Å². The minimum absolute atomic E-state index is 0.0383. The molecule has 0 saturated heterocycles. The van der Waals surface area contributed by atoms with Crippen molar-refractivity contribution in [1.82, 2.24) is 0 Å². The number of para-hydroxylation sites is 1. The predicted octanol–water partition coefficient (Wildman–Crippen LogP) is 4.29. The third kappa shape index (κ3) is 3.70. The lowest BCUT2D eigenvalue weighted by Gasteiger charge is -2.18. The molecule has 0 atom stereocenters. The van der Waals surface area contributed by atoms with Crippen LogP contribution in [0, 0.1) is 22.0 Å². The zero-order chi connectivity index (χ0) is 15.5. The van der Waals surface area contributed by atoms with Crippen LogP contribution in [0.4, 0.5) is 5.69 Å². The van der Waals surface area contributed by atoms with Gasteiger partial charge in [-0.1, -0.05) is 56.9 Å². The Bertz CT molecular complexity index is 713. The molecule has 0 bridgehead atoms. The fraction of sp³-hybridized carbons (Fsp3) is 0.222. The first-order valence-corrected chi connectivity index (χ1v) is 6.74. The van der Waals surface area contributed by atoms with Crippen LogP contribution in [0.25, 0.3) is 0 Å². The van der Waals surface area contributed by atoms with Crippen molar-refractivity contribution >= 4 is 5.69 Å². The van der Waals surface area contributed by atoms with E-state index < -0.39 is 4.92 Å². The van der Waals surface area contributed by atoms with Crippen LogP contribution in [0.15, 0.2) is 48.5 Å². The Hall–Kier alpha value is -2.60. The predicted molar refractivity (Wildman–Crippen MR) is 84.2 cm³/mol. The largest absolute Gasteiger partial charge is 0.284 e. The fourth-order valence-corrected chi connectivity index (χ4v) is 1.93. The van der Waals surface area contributed by atoms with Gasteiger partial charge in [-0.05, 0) is 29.2 Å². The van der Waals surface area contributed by atoms with Gasteiger partial charge < -0.3 is 0 Å². The van der Waals surface area contributed by atoms with Crippen molar-refractivity contribution < 1.29 is 4.92 Å². The molecule has 0 aliphatic carbocycles. The standard InChI is InChI=1S/C18H17NO2/c1-18(2,3)16-12-9-14(10-13-16)8-11-15-6-4-5-7-17(15)19(20)21/h4-7,9-10,12-13H,1-3H3. The van der Waals surface area contributed by atoms with E-state index in [4.69, 9.17) is 0 Å². The van der Waals surface area contributed by atoms with Crippen LogP contribution in [-0.4, -0.2) is 4.92 Å². The van der Waals surface area contributed by atoms with Gasteiger partial charge in [-0.25, -0.2) is 0 Å². The molecular weight excluding hydrogens is 262 g/mol. The van der Waals surface area contributed by atoms with Crippen molar-refractivity contribution in [2.45, 2.75) is 26.2 Å². The maximum atomic E-state index is 10.9. The van der Waals surface area contributed by atoms with E-state index >= 15 is 0 Å². The summed E-state index contributed by atoms with van der Waals surface area (Å²) in [6, 6.07) is 14.5. The van der Waals surface area contributed by atoms with Crippen LogP contribution >= 0.6 is 0 Å². The summed E-state index contributed by atoms with van der Waals surface area (Å²) in [5.74, 6) is 5.86. The van der Waals surface area contributed by atoms with E-state index in [1.807, 2.05) is 24.3 Å². The van der Waals surface area contributed by atoms with E-state index in [1.165, 1.54) is 11.6 Å². The minimum Gasteiger partial charge on any atom is -0.258 e. The lowest BCUT2D eigenvalue weighted by molar-refractivity contribution is -0.385. The molecule has 0 aromatic heterocycles. The van der Waals surface area contributed by atoms with E-state index in [2.05, 4.69) is 32.6 Å². The second-order valence-corrected chi connectivity index (χ2v) is 5.85. The normalized spacial score (nSPS) is 10.6. The van der Waals surface area contributed by atoms with Gasteiger partial charge in [-0.3, -0.25) is 10.1 Å². The quantitative estimate of drug-likeness (QED) is 0.444. The van der Waals surface area contributed by atoms with Crippen molar-refractivity contribution in [2.75, 3.05) is 0 Å². The molecule has 3 heteroatoms. The Kier molecular flexibility index (Phi) is 4.09. The summed E-state index contributed by atoms with van der Waals surface area (Å²) in [7, 11) is 0. The van der Waals surface area contributed by atoms with E-state index in [0.29, 0.717) is 5.56 Å².